The Morgan fingerprint density at radius 2 is 1.77 bits per heavy atom. The molecule has 0 aromatic heterocycles. The molecule has 0 atom stereocenters. The lowest BCUT2D eigenvalue weighted by Gasteiger charge is -2.23. The largest absolute Gasteiger partial charge is 0.271 e. The quantitative estimate of drug-likeness (QED) is 0.624. The van der Waals surface area contributed by atoms with Crippen molar-refractivity contribution < 1.29 is 13.2 Å². The Balaban J connectivity index is 2.12. The molecule has 26 heavy (non-hydrogen) atoms. The Hall–Kier alpha value is -2.67. The molecule has 2 aromatic rings. The van der Waals surface area contributed by atoms with Crippen molar-refractivity contribution in [3.8, 4) is 0 Å². The third kappa shape index (κ3) is 5.16. The van der Waals surface area contributed by atoms with Crippen molar-refractivity contribution in [3.05, 3.63) is 64.7 Å². The van der Waals surface area contributed by atoms with Crippen LogP contribution in [0.5, 0.6) is 0 Å². The van der Waals surface area contributed by atoms with Crippen molar-refractivity contribution in [2.45, 2.75) is 20.8 Å². The Kier molecular flexibility index (Phi) is 6.15. The van der Waals surface area contributed by atoms with E-state index in [2.05, 4.69) is 10.5 Å². The predicted octanol–water partition coefficient (Wildman–Crippen LogP) is 2.53. The topological polar surface area (TPSA) is 78.8 Å². The summed E-state index contributed by atoms with van der Waals surface area (Å²) >= 11 is 0. The number of anilines is 1. The van der Waals surface area contributed by atoms with E-state index in [0.717, 1.165) is 32.8 Å². The van der Waals surface area contributed by atoms with Crippen molar-refractivity contribution in [2.24, 2.45) is 5.10 Å². The highest BCUT2D eigenvalue weighted by Crippen LogP contribution is 2.24. The Morgan fingerprint density at radius 1 is 1.12 bits per heavy atom. The van der Waals surface area contributed by atoms with Gasteiger partial charge in [0.25, 0.3) is 5.91 Å². The first-order chi connectivity index (χ1) is 12.2. The molecule has 0 saturated carbocycles. The van der Waals surface area contributed by atoms with E-state index in [0.29, 0.717) is 5.69 Å². The highest BCUT2D eigenvalue weighted by molar-refractivity contribution is 7.92. The molecule has 0 fully saturated rings. The maximum absolute atomic E-state index is 12.2. The van der Waals surface area contributed by atoms with Crippen molar-refractivity contribution in [1.82, 2.24) is 5.43 Å². The molecule has 0 unspecified atom stereocenters. The molecule has 0 radical (unpaired) electrons. The molecule has 2 rings (SSSR count). The lowest BCUT2D eigenvalue weighted by atomic mass is 10.1. The zero-order valence-electron chi connectivity index (χ0n) is 15.4. The van der Waals surface area contributed by atoms with Gasteiger partial charge in [0.1, 0.15) is 6.54 Å². The molecule has 0 spiro atoms. The van der Waals surface area contributed by atoms with Crippen molar-refractivity contribution in [3.63, 3.8) is 0 Å². The smallest absolute Gasteiger partial charge is 0.260 e. The molecule has 138 valence electrons. The minimum atomic E-state index is -3.61. The molecular weight excluding hydrogens is 350 g/mol. The summed E-state index contributed by atoms with van der Waals surface area (Å²) < 4.78 is 25.4. The molecular formula is C19H23N3O3S. The van der Waals surface area contributed by atoms with Crippen LogP contribution < -0.4 is 9.73 Å². The van der Waals surface area contributed by atoms with E-state index in [4.69, 9.17) is 0 Å². The number of carbonyl (C=O) groups excluding carboxylic acids is 1. The number of nitrogens with one attached hydrogen (secondary N) is 1. The number of hydrazone groups is 1. The second kappa shape index (κ2) is 8.14. The van der Waals surface area contributed by atoms with Crippen LogP contribution in [0.1, 0.15) is 22.3 Å². The lowest BCUT2D eigenvalue weighted by Crippen LogP contribution is -2.39. The fraction of sp³-hybridized carbons (Fsp3) is 0.263. The minimum Gasteiger partial charge on any atom is -0.271 e. The SMILES string of the molecule is Cc1ccc(/C=N\NC(=O)CN(c2cccc(C)c2C)S(C)(=O)=O)cc1. The van der Waals surface area contributed by atoms with E-state index >= 15 is 0 Å². The summed E-state index contributed by atoms with van der Waals surface area (Å²) in [4.78, 5) is 12.2. The number of sulfonamides is 1. The zero-order chi connectivity index (χ0) is 19.3. The van der Waals surface area contributed by atoms with Crippen LogP contribution in [0, 0.1) is 20.8 Å². The number of rotatable bonds is 6. The monoisotopic (exact) mass is 373 g/mol. The van der Waals surface area contributed by atoms with Crippen molar-refractivity contribution in [2.75, 3.05) is 17.1 Å². The van der Waals surface area contributed by atoms with Crippen LogP contribution >= 0.6 is 0 Å². The van der Waals surface area contributed by atoms with Crippen molar-refractivity contribution in [1.29, 1.82) is 0 Å². The minimum absolute atomic E-state index is 0.339. The molecule has 6 nitrogen and oxygen atoms in total. The second-order valence-electron chi connectivity index (χ2n) is 6.19. The number of nitrogens with zero attached hydrogens (tertiary/aromatic N) is 2. The van der Waals surface area contributed by atoms with E-state index < -0.39 is 15.9 Å². The average Bonchev–Trinajstić information content (AvgIpc) is 2.56. The maximum Gasteiger partial charge on any atom is 0.260 e. The molecule has 0 heterocycles. The predicted molar refractivity (Wildman–Crippen MR) is 105 cm³/mol. The normalized spacial score (nSPS) is 11.5. The summed E-state index contributed by atoms with van der Waals surface area (Å²) in [6.07, 6.45) is 2.59. The Labute approximate surface area is 154 Å². The van der Waals surface area contributed by atoms with E-state index in [-0.39, 0.29) is 6.54 Å². The maximum atomic E-state index is 12.2. The Morgan fingerprint density at radius 3 is 2.38 bits per heavy atom. The summed E-state index contributed by atoms with van der Waals surface area (Å²) in [6, 6.07) is 13.0. The molecule has 0 aliphatic rings. The van der Waals surface area contributed by atoms with Gasteiger partial charge in [0, 0.05) is 0 Å². The molecule has 2 aromatic carbocycles. The third-order valence-corrected chi connectivity index (χ3v) is 5.14. The molecule has 7 heteroatoms. The van der Waals surface area contributed by atoms with Gasteiger partial charge in [-0.05, 0) is 43.5 Å². The van der Waals surface area contributed by atoms with Crippen molar-refractivity contribution >= 4 is 27.8 Å². The summed E-state index contributed by atoms with van der Waals surface area (Å²) in [7, 11) is -3.61. The van der Waals surface area contributed by atoms with Gasteiger partial charge >= 0.3 is 0 Å². The van der Waals surface area contributed by atoms with Crippen LogP contribution in [0.2, 0.25) is 0 Å². The Bertz CT molecular complexity index is 920. The first-order valence-corrected chi connectivity index (χ1v) is 9.96. The molecule has 1 amide bonds. The summed E-state index contributed by atoms with van der Waals surface area (Å²) in [5.41, 5.74) is 6.60. The van der Waals surface area contributed by atoms with Crippen LogP contribution in [0.4, 0.5) is 5.69 Å². The van der Waals surface area contributed by atoms with Gasteiger partial charge in [-0.2, -0.15) is 5.10 Å². The molecule has 0 aliphatic carbocycles. The van der Waals surface area contributed by atoms with Crippen LogP contribution in [0.25, 0.3) is 0 Å². The second-order valence-corrected chi connectivity index (χ2v) is 8.10. The van der Waals surface area contributed by atoms with Gasteiger partial charge in [-0.1, -0.05) is 42.0 Å². The van der Waals surface area contributed by atoms with Gasteiger partial charge in [0.05, 0.1) is 18.2 Å². The first kappa shape index (κ1) is 19.7. The average molecular weight is 373 g/mol. The summed E-state index contributed by atoms with van der Waals surface area (Å²) in [5.74, 6) is -0.514. The number of carbonyl (C=O) groups is 1. The zero-order valence-corrected chi connectivity index (χ0v) is 16.2. The van der Waals surface area contributed by atoms with E-state index in [1.165, 1.54) is 6.21 Å². The molecule has 0 saturated heterocycles. The number of hydrogen-bond acceptors (Lipinski definition) is 4. The standard InChI is InChI=1S/C19H23N3O3S/c1-14-8-10-17(11-9-14)12-20-21-19(23)13-22(26(4,24)25)18-7-5-6-15(2)16(18)3/h5-12H,13H2,1-4H3,(H,21,23)/b20-12-. The van der Waals surface area contributed by atoms with E-state index in [1.807, 2.05) is 51.1 Å². The number of benzene rings is 2. The number of aryl methyl sites for hydroxylation is 2. The molecule has 0 aliphatic heterocycles. The fourth-order valence-electron chi connectivity index (χ4n) is 2.38. The van der Waals surface area contributed by atoms with Gasteiger partial charge in [-0.3, -0.25) is 9.10 Å². The van der Waals surface area contributed by atoms with Crippen LogP contribution in [-0.2, 0) is 14.8 Å². The van der Waals surface area contributed by atoms with Gasteiger partial charge in [0.15, 0.2) is 0 Å². The van der Waals surface area contributed by atoms with E-state index in [1.54, 1.807) is 12.1 Å². The van der Waals surface area contributed by atoms with Gasteiger partial charge < -0.3 is 0 Å². The highest BCUT2D eigenvalue weighted by Gasteiger charge is 2.22. The molecule has 0 bridgehead atoms. The van der Waals surface area contributed by atoms with Gasteiger partial charge in [-0.15, -0.1) is 0 Å². The number of amides is 1. The fourth-order valence-corrected chi connectivity index (χ4v) is 3.29. The van der Waals surface area contributed by atoms with Crippen LogP contribution in [0.15, 0.2) is 47.6 Å². The highest BCUT2D eigenvalue weighted by atomic mass is 32.2. The summed E-state index contributed by atoms with van der Waals surface area (Å²) in [5, 5.41) is 3.89. The van der Waals surface area contributed by atoms with Crippen LogP contribution in [-0.4, -0.2) is 33.3 Å². The first-order valence-electron chi connectivity index (χ1n) is 8.11. The van der Waals surface area contributed by atoms with Gasteiger partial charge in [-0.25, -0.2) is 13.8 Å². The number of hydrogen-bond donors (Lipinski definition) is 1. The van der Waals surface area contributed by atoms with Gasteiger partial charge in [0.2, 0.25) is 10.0 Å². The molecule has 1 N–H and O–H groups in total. The van der Waals surface area contributed by atoms with E-state index in [9.17, 15) is 13.2 Å². The lowest BCUT2D eigenvalue weighted by molar-refractivity contribution is -0.119. The van der Waals surface area contributed by atoms with Crippen LogP contribution in [0.3, 0.4) is 0 Å². The third-order valence-electron chi connectivity index (χ3n) is 4.01. The summed E-state index contributed by atoms with van der Waals surface area (Å²) in [6.45, 7) is 5.37.